The van der Waals surface area contributed by atoms with Gasteiger partial charge in [0, 0.05) is 57.7 Å². The molecule has 2 fully saturated rings. The Kier molecular flexibility index (Phi) is 4.79. The largest absolute Gasteiger partial charge is 0.369 e. The van der Waals surface area contributed by atoms with Gasteiger partial charge in [-0.15, -0.1) is 5.10 Å². The average molecular weight is 393 g/mol. The molecule has 0 radical (unpaired) electrons. The van der Waals surface area contributed by atoms with Gasteiger partial charge in [-0.3, -0.25) is 18.9 Å². The summed E-state index contributed by atoms with van der Waals surface area (Å²) < 4.78 is 3.59. The van der Waals surface area contributed by atoms with Crippen LogP contribution in [-0.2, 0) is 13.6 Å². The smallest absolute Gasteiger partial charge is 0.261 e. The third kappa shape index (κ3) is 3.64. The van der Waals surface area contributed by atoms with Crippen LogP contribution in [0.3, 0.4) is 0 Å². The summed E-state index contributed by atoms with van der Waals surface area (Å²) in [6.45, 7) is 4.69. The van der Waals surface area contributed by atoms with Gasteiger partial charge < -0.3 is 4.90 Å². The van der Waals surface area contributed by atoms with Gasteiger partial charge in [-0.05, 0) is 31.0 Å². The van der Waals surface area contributed by atoms with E-state index in [2.05, 4.69) is 37.2 Å². The van der Waals surface area contributed by atoms with Gasteiger partial charge in [-0.2, -0.15) is 0 Å². The number of benzene rings is 1. The van der Waals surface area contributed by atoms with Crippen LogP contribution in [0, 0.1) is 0 Å². The van der Waals surface area contributed by atoms with Gasteiger partial charge in [0.2, 0.25) is 0 Å². The van der Waals surface area contributed by atoms with E-state index in [1.54, 1.807) is 11.0 Å². The van der Waals surface area contributed by atoms with Crippen LogP contribution in [-0.4, -0.2) is 55.6 Å². The second-order valence-electron chi connectivity index (χ2n) is 8.24. The highest BCUT2D eigenvalue weighted by atomic mass is 16.1. The van der Waals surface area contributed by atoms with E-state index in [9.17, 15) is 4.79 Å². The molecule has 2 aliphatic rings. The van der Waals surface area contributed by atoms with Crippen LogP contribution in [0.15, 0.2) is 35.5 Å². The molecular formula is C21H27N7O. The van der Waals surface area contributed by atoms with E-state index in [0.717, 1.165) is 67.8 Å². The molecule has 1 saturated carbocycles. The van der Waals surface area contributed by atoms with Crippen molar-refractivity contribution in [1.82, 2.24) is 29.4 Å². The summed E-state index contributed by atoms with van der Waals surface area (Å²) in [5, 5.41) is 8.92. The topological polar surface area (TPSA) is 72.1 Å². The third-order valence-electron chi connectivity index (χ3n) is 6.26. The van der Waals surface area contributed by atoms with Crippen molar-refractivity contribution >= 4 is 16.6 Å². The van der Waals surface area contributed by atoms with Gasteiger partial charge in [0.05, 0.1) is 22.9 Å². The molecule has 0 atom stereocenters. The van der Waals surface area contributed by atoms with E-state index >= 15 is 0 Å². The van der Waals surface area contributed by atoms with E-state index < -0.39 is 0 Å². The standard InChI is InChI=1S/C21H27N7O/c1-25-13-16(23-24-25)14-26-8-10-27(11-9-26)18-6-7-19-20(12-18)22-15-28(21(19)29)17-4-2-3-5-17/h6-7,12-13,15,17H,2-5,8-11,14H2,1H3. The molecule has 3 heterocycles. The predicted molar refractivity (Wildman–Crippen MR) is 112 cm³/mol. The number of piperazine rings is 1. The summed E-state index contributed by atoms with van der Waals surface area (Å²) in [4.78, 5) is 22.3. The molecule has 1 aromatic carbocycles. The number of anilines is 1. The van der Waals surface area contributed by atoms with Crippen LogP contribution in [0.1, 0.15) is 37.4 Å². The van der Waals surface area contributed by atoms with E-state index in [0.29, 0.717) is 6.04 Å². The maximum atomic E-state index is 12.9. The highest BCUT2D eigenvalue weighted by Gasteiger charge is 2.21. The Hall–Kier alpha value is -2.74. The van der Waals surface area contributed by atoms with Gasteiger partial charge in [0.1, 0.15) is 0 Å². The molecular weight excluding hydrogens is 366 g/mol. The zero-order chi connectivity index (χ0) is 19.8. The van der Waals surface area contributed by atoms with Gasteiger partial charge in [0.25, 0.3) is 5.56 Å². The highest BCUT2D eigenvalue weighted by molar-refractivity contribution is 5.81. The molecule has 0 amide bonds. The lowest BCUT2D eigenvalue weighted by molar-refractivity contribution is 0.247. The highest BCUT2D eigenvalue weighted by Crippen LogP contribution is 2.28. The van der Waals surface area contributed by atoms with Crippen molar-refractivity contribution in [3.8, 4) is 0 Å². The van der Waals surface area contributed by atoms with E-state index in [4.69, 9.17) is 0 Å². The van der Waals surface area contributed by atoms with E-state index in [1.165, 1.54) is 12.8 Å². The van der Waals surface area contributed by atoms with Crippen LogP contribution in [0.2, 0.25) is 0 Å². The summed E-state index contributed by atoms with van der Waals surface area (Å²) in [5.41, 5.74) is 3.04. The SMILES string of the molecule is Cn1cc(CN2CCN(c3ccc4c(=O)n(C5CCCC5)cnc4c3)CC2)nn1. The minimum Gasteiger partial charge on any atom is -0.369 e. The maximum absolute atomic E-state index is 12.9. The number of hydrogen-bond donors (Lipinski definition) is 0. The lowest BCUT2D eigenvalue weighted by Crippen LogP contribution is -2.46. The average Bonchev–Trinajstić information content (AvgIpc) is 3.41. The Balaban J connectivity index is 1.29. The minimum atomic E-state index is 0.0993. The van der Waals surface area contributed by atoms with Crippen molar-refractivity contribution in [2.24, 2.45) is 7.05 Å². The molecule has 29 heavy (non-hydrogen) atoms. The molecule has 0 unspecified atom stereocenters. The fourth-order valence-corrected chi connectivity index (χ4v) is 4.62. The second kappa shape index (κ2) is 7.59. The first-order valence-corrected chi connectivity index (χ1v) is 10.5. The normalized spacial score (nSPS) is 18.7. The fraction of sp³-hybridized carbons (Fsp3) is 0.524. The van der Waals surface area contributed by atoms with Gasteiger partial charge in [0.15, 0.2) is 0 Å². The number of fused-ring (bicyclic) bond motifs is 1. The zero-order valence-electron chi connectivity index (χ0n) is 16.9. The molecule has 1 aliphatic carbocycles. The van der Waals surface area contributed by atoms with Crippen LogP contribution < -0.4 is 10.5 Å². The van der Waals surface area contributed by atoms with Crippen molar-refractivity contribution in [2.45, 2.75) is 38.3 Å². The van der Waals surface area contributed by atoms with Gasteiger partial charge in [-0.1, -0.05) is 18.1 Å². The number of rotatable bonds is 4. The molecule has 8 heteroatoms. The van der Waals surface area contributed by atoms with Gasteiger partial charge in [-0.25, -0.2) is 4.98 Å². The quantitative estimate of drug-likeness (QED) is 0.675. The molecule has 1 saturated heterocycles. The van der Waals surface area contributed by atoms with Crippen molar-refractivity contribution < 1.29 is 0 Å². The Labute approximate surface area is 169 Å². The van der Waals surface area contributed by atoms with E-state index in [1.807, 2.05) is 23.9 Å². The summed E-state index contributed by atoms with van der Waals surface area (Å²) >= 11 is 0. The zero-order valence-corrected chi connectivity index (χ0v) is 16.9. The summed E-state index contributed by atoms with van der Waals surface area (Å²) in [7, 11) is 1.89. The number of hydrogen-bond acceptors (Lipinski definition) is 6. The van der Waals surface area contributed by atoms with Crippen LogP contribution in [0.25, 0.3) is 10.9 Å². The van der Waals surface area contributed by atoms with Crippen LogP contribution in [0.5, 0.6) is 0 Å². The lowest BCUT2D eigenvalue weighted by Gasteiger charge is -2.35. The molecule has 3 aromatic rings. The monoisotopic (exact) mass is 393 g/mol. The van der Waals surface area contributed by atoms with Crippen LogP contribution >= 0.6 is 0 Å². The first-order chi connectivity index (χ1) is 14.2. The Morgan fingerprint density at radius 3 is 2.62 bits per heavy atom. The number of aromatic nitrogens is 5. The first kappa shape index (κ1) is 18.3. The molecule has 152 valence electrons. The summed E-state index contributed by atoms with van der Waals surface area (Å²) in [6.07, 6.45) is 8.31. The summed E-state index contributed by atoms with van der Waals surface area (Å²) in [5.74, 6) is 0. The molecule has 1 aliphatic heterocycles. The van der Waals surface area contributed by atoms with Crippen molar-refractivity contribution in [2.75, 3.05) is 31.1 Å². The lowest BCUT2D eigenvalue weighted by atomic mass is 10.1. The van der Waals surface area contributed by atoms with Crippen molar-refractivity contribution in [3.63, 3.8) is 0 Å². The van der Waals surface area contributed by atoms with Crippen LogP contribution in [0.4, 0.5) is 5.69 Å². The molecule has 0 spiro atoms. The third-order valence-corrected chi connectivity index (χ3v) is 6.26. The predicted octanol–water partition coefficient (Wildman–Crippen LogP) is 1.96. The summed E-state index contributed by atoms with van der Waals surface area (Å²) in [6, 6.07) is 6.41. The molecule has 0 bridgehead atoms. The fourth-order valence-electron chi connectivity index (χ4n) is 4.62. The Morgan fingerprint density at radius 2 is 1.90 bits per heavy atom. The van der Waals surface area contributed by atoms with E-state index in [-0.39, 0.29) is 5.56 Å². The molecule has 8 nitrogen and oxygen atoms in total. The second-order valence-corrected chi connectivity index (χ2v) is 8.24. The van der Waals surface area contributed by atoms with Gasteiger partial charge >= 0.3 is 0 Å². The Morgan fingerprint density at radius 1 is 1.10 bits per heavy atom. The number of nitrogens with zero attached hydrogens (tertiary/aromatic N) is 7. The van der Waals surface area contributed by atoms with Crippen molar-refractivity contribution in [1.29, 1.82) is 0 Å². The van der Waals surface area contributed by atoms with Crippen molar-refractivity contribution in [3.05, 3.63) is 46.8 Å². The maximum Gasteiger partial charge on any atom is 0.261 e. The molecule has 5 rings (SSSR count). The number of aryl methyl sites for hydroxylation is 1. The molecule has 0 N–H and O–H groups in total. The minimum absolute atomic E-state index is 0.0993. The Bertz CT molecular complexity index is 1060. The first-order valence-electron chi connectivity index (χ1n) is 10.5. The molecule has 2 aromatic heterocycles.